The third-order valence-electron chi connectivity index (χ3n) is 8.13. The van der Waals surface area contributed by atoms with E-state index < -0.39 is 17.6 Å². The average molecular weight is 597 g/mol. The van der Waals surface area contributed by atoms with Crippen molar-refractivity contribution in [1.82, 2.24) is 0 Å². The summed E-state index contributed by atoms with van der Waals surface area (Å²) in [6.07, 6.45) is -0.700. The van der Waals surface area contributed by atoms with Crippen LogP contribution in [0.5, 0.6) is 0 Å². The van der Waals surface area contributed by atoms with Crippen molar-refractivity contribution in [2.24, 2.45) is 4.99 Å². The fourth-order valence-electron chi connectivity index (χ4n) is 6.21. The number of thiophene rings is 1. The Kier molecular flexibility index (Phi) is 6.33. The fourth-order valence-corrected chi connectivity index (χ4v) is 7.56. The molecule has 1 heterocycles. The molecule has 0 amide bonds. The van der Waals surface area contributed by atoms with Crippen LogP contribution in [0.4, 0.5) is 22.0 Å². The summed E-state index contributed by atoms with van der Waals surface area (Å²) < 4.78 is 68.4. The van der Waals surface area contributed by atoms with Crippen LogP contribution in [0.15, 0.2) is 77.8 Å². The second kappa shape index (κ2) is 9.99. The van der Waals surface area contributed by atoms with Gasteiger partial charge in [-0.15, -0.1) is 11.3 Å². The highest BCUT2D eigenvalue weighted by atomic mass is 32.1. The van der Waals surface area contributed by atoms with Gasteiger partial charge in [-0.2, -0.15) is 23.4 Å². The molecular weight excluding hydrogens is 575 g/mol. The molecule has 0 unspecified atom stereocenters. The molecule has 2 nitrogen and oxygen atoms in total. The first-order chi connectivity index (χ1) is 20.7. The first-order valence-corrected chi connectivity index (χ1v) is 14.6. The Morgan fingerprint density at radius 3 is 2.16 bits per heavy atom. The van der Waals surface area contributed by atoms with Crippen LogP contribution in [-0.2, 0) is 19.0 Å². The lowest BCUT2D eigenvalue weighted by molar-refractivity contribution is -0.139. The molecule has 2 aliphatic carbocycles. The number of halogens is 5. The molecule has 5 aromatic rings. The summed E-state index contributed by atoms with van der Waals surface area (Å²) in [6, 6.07) is 19.7. The van der Waals surface area contributed by atoms with Gasteiger partial charge < -0.3 is 0 Å². The van der Waals surface area contributed by atoms with Gasteiger partial charge in [0, 0.05) is 28.0 Å². The maximum atomic E-state index is 14.3. The first-order valence-electron chi connectivity index (χ1n) is 13.7. The smallest absolute Gasteiger partial charge is 0.207 e. The summed E-state index contributed by atoms with van der Waals surface area (Å²) in [5.74, 6) is -1.52. The summed E-state index contributed by atoms with van der Waals surface area (Å²) >= 11 is 1.56. The quantitative estimate of drug-likeness (QED) is 0.147. The van der Waals surface area contributed by atoms with Gasteiger partial charge in [-0.05, 0) is 81.3 Å². The van der Waals surface area contributed by atoms with Gasteiger partial charge in [0.1, 0.15) is 17.3 Å². The van der Waals surface area contributed by atoms with E-state index in [2.05, 4.69) is 17.1 Å². The van der Waals surface area contributed by atoms with Crippen molar-refractivity contribution in [1.29, 1.82) is 5.26 Å². The molecule has 43 heavy (non-hydrogen) atoms. The van der Waals surface area contributed by atoms with Crippen LogP contribution in [0.25, 0.3) is 44.5 Å². The largest absolute Gasteiger partial charge is 0.419 e. The Morgan fingerprint density at radius 2 is 1.44 bits per heavy atom. The number of hydrogen-bond donors (Lipinski definition) is 0. The van der Waals surface area contributed by atoms with E-state index in [1.165, 1.54) is 12.1 Å². The number of aryl methyl sites for hydroxylation is 1. The number of nitrogens with zero attached hydrogens (tertiary/aromatic N) is 2. The number of hydrogen-bond acceptors (Lipinski definition) is 3. The molecule has 2 aliphatic rings. The molecule has 0 fully saturated rings. The third kappa shape index (κ3) is 4.38. The first kappa shape index (κ1) is 27.2. The molecule has 212 valence electrons. The SMILES string of the molecule is CCCc1cc(-c2ccc3c(c2)Cc2sc4c(c2-3)-c2ccc(-c3ccc(F)c(C(F)(F)F)c3)cc2C4=NC#N)ccc1F. The van der Waals surface area contributed by atoms with Crippen molar-refractivity contribution >= 4 is 17.0 Å². The predicted octanol–water partition coefficient (Wildman–Crippen LogP) is 10.2. The van der Waals surface area contributed by atoms with Gasteiger partial charge >= 0.3 is 6.18 Å². The third-order valence-corrected chi connectivity index (χ3v) is 9.33. The highest BCUT2D eigenvalue weighted by Gasteiger charge is 2.37. The van der Waals surface area contributed by atoms with E-state index in [0.717, 1.165) is 67.3 Å². The van der Waals surface area contributed by atoms with E-state index in [1.807, 2.05) is 31.3 Å². The van der Waals surface area contributed by atoms with Gasteiger partial charge in [0.2, 0.25) is 6.19 Å². The molecule has 0 saturated heterocycles. The Bertz CT molecular complexity index is 2050. The summed E-state index contributed by atoms with van der Waals surface area (Å²) in [4.78, 5) is 6.13. The molecule has 0 saturated carbocycles. The van der Waals surface area contributed by atoms with Crippen LogP contribution in [0.1, 0.15) is 45.4 Å². The molecule has 0 aliphatic heterocycles. The maximum absolute atomic E-state index is 14.3. The average Bonchev–Trinajstić information content (AvgIpc) is 3.61. The molecule has 0 bridgehead atoms. The molecule has 0 radical (unpaired) electrons. The van der Waals surface area contributed by atoms with Crippen molar-refractivity contribution in [2.75, 3.05) is 0 Å². The lowest BCUT2D eigenvalue weighted by Crippen LogP contribution is -2.08. The second-order valence-corrected chi connectivity index (χ2v) is 11.8. The van der Waals surface area contributed by atoms with Crippen molar-refractivity contribution in [3.63, 3.8) is 0 Å². The van der Waals surface area contributed by atoms with E-state index in [1.54, 1.807) is 29.5 Å². The minimum atomic E-state index is -4.82. The molecule has 8 heteroatoms. The van der Waals surface area contributed by atoms with Crippen molar-refractivity contribution in [3.05, 3.63) is 116 Å². The van der Waals surface area contributed by atoms with E-state index in [4.69, 9.17) is 0 Å². The van der Waals surface area contributed by atoms with Crippen LogP contribution >= 0.6 is 11.3 Å². The van der Waals surface area contributed by atoms with Crippen LogP contribution in [0.2, 0.25) is 0 Å². The van der Waals surface area contributed by atoms with E-state index in [9.17, 15) is 27.2 Å². The molecule has 0 N–H and O–H groups in total. The lowest BCUT2D eigenvalue weighted by atomic mass is 9.94. The predicted molar refractivity (Wildman–Crippen MR) is 159 cm³/mol. The molecular formula is C35H21F5N2S. The monoisotopic (exact) mass is 596 g/mol. The summed E-state index contributed by atoms with van der Waals surface area (Å²) in [7, 11) is 0. The van der Waals surface area contributed by atoms with Crippen molar-refractivity contribution in [3.8, 4) is 50.7 Å². The van der Waals surface area contributed by atoms with Crippen LogP contribution < -0.4 is 0 Å². The zero-order valence-electron chi connectivity index (χ0n) is 22.7. The van der Waals surface area contributed by atoms with Gasteiger partial charge in [0.25, 0.3) is 0 Å². The van der Waals surface area contributed by atoms with Crippen LogP contribution in [-0.4, -0.2) is 5.71 Å². The standard InChI is InChI=1S/C35H21F5N2S/c1-2-3-22-12-19(6-10-28(22)36)18-4-8-24-23(13-18)16-30-31(24)32-25-9-5-20(14-26(25)33(42-17-41)34(32)43-30)21-7-11-29(37)27(15-21)35(38,39)40/h4-15H,2-3,16H2,1H3. The fraction of sp³-hybridized carbons (Fsp3) is 0.143. The van der Waals surface area contributed by atoms with Gasteiger partial charge in [-0.1, -0.05) is 55.8 Å². The van der Waals surface area contributed by atoms with Crippen molar-refractivity contribution in [2.45, 2.75) is 32.4 Å². The number of fused-ring (bicyclic) bond motifs is 7. The van der Waals surface area contributed by atoms with Crippen LogP contribution in [0, 0.1) is 23.1 Å². The van der Waals surface area contributed by atoms with Crippen molar-refractivity contribution < 1.29 is 22.0 Å². The van der Waals surface area contributed by atoms with Gasteiger partial charge in [-0.3, -0.25) is 0 Å². The highest BCUT2D eigenvalue weighted by molar-refractivity contribution is 7.16. The minimum Gasteiger partial charge on any atom is -0.207 e. The Balaban J connectivity index is 1.31. The van der Waals surface area contributed by atoms with E-state index in [-0.39, 0.29) is 11.4 Å². The summed E-state index contributed by atoms with van der Waals surface area (Å²) in [6.45, 7) is 2.02. The summed E-state index contributed by atoms with van der Waals surface area (Å²) in [5, 5.41) is 9.51. The summed E-state index contributed by atoms with van der Waals surface area (Å²) in [5.41, 5.74) is 8.29. The molecule has 0 atom stereocenters. The lowest BCUT2D eigenvalue weighted by Gasteiger charge is -2.12. The number of alkyl halides is 3. The Labute approximate surface area is 248 Å². The number of rotatable bonds is 4. The minimum absolute atomic E-state index is 0.193. The Morgan fingerprint density at radius 1 is 0.791 bits per heavy atom. The van der Waals surface area contributed by atoms with E-state index in [0.29, 0.717) is 35.2 Å². The van der Waals surface area contributed by atoms with Gasteiger partial charge in [0.05, 0.1) is 10.4 Å². The zero-order valence-corrected chi connectivity index (χ0v) is 23.6. The number of benzene rings is 4. The number of nitriles is 1. The maximum Gasteiger partial charge on any atom is 0.419 e. The van der Waals surface area contributed by atoms with E-state index >= 15 is 0 Å². The molecule has 4 aromatic carbocycles. The molecule has 0 spiro atoms. The molecule has 7 rings (SSSR count). The topological polar surface area (TPSA) is 36.1 Å². The van der Waals surface area contributed by atoms with Gasteiger partial charge in [-0.25, -0.2) is 8.78 Å². The highest BCUT2D eigenvalue weighted by Crippen LogP contribution is 2.54. The normalized spacial score (nSPS) is 13.9. The molecule has 1 aromatic heterocycles. The zero-order chi connectivity index (χ0) is 30.0. The second-order valence-electron chi connectivity index (χ2n) is 10.7. The van der Waals surface area contributed by atoms with Crippen LogP contribution in [0.3, 0.4) is 0 Å². The number of aliphatic imine (C=N–C) groups is 1. The Hall–Kier alpha value is -4.61. The van der Waals surface area contributed by atoms with Gasteiger partial charge in [0.15, 0.2) is 0 Å².